The van der Waals surface area contributed by atoms with Crippen molar-refractivity contribution in [1.82, 2.24) is 14.5 Å². The molecule has 0 radical (unpaired) electrons. The van der Waals surface area contributed by atoms with Gasteiger partial charge >= 0.3 is 5.97 Å². The Morgan fingerprint density at radius 1 is 1.44 bits per heavy atom. The Kier molecular flexibility index (Phi) is 4.50. The fraction of sp³-hybridized carbons (Fsp3) is 0.400. The molecule has 27 heavy (non-hydrogen) atoms. The zero-order chi connectivity index (χ0) is 19.0. The molecule has 2 aromatic heterocycles. The molecule has 1 saturated heterocycles. The Hall–Kier alpha value is -2.98. The molecule has 4 rings (SSSR count). The van der Waals surface area contributed by atoms with Gasteiger partial charge in [0.05, 0.1) is 42.1 Å². The van der Waals surface area contributed by atoms with Crippen LogP contribution < -0.4 is 0 Å². The highest BCUT2D eigenvalue weighted by molar-refractivity contribution is 6.03. The zero-order valence-electron chi connectivity index (χ0n) is 15.3. The summed E-state index contributed by atoms with van der Waals surface area (Å²) in [6, 6.07) is 7.79. The maximum absolute atomic E-state index is 12.0. The SMILES string of the molecule is COC(=O)Cc1nc2cnc3ccc(C#N)cc3c2n1C1CCOC(C)C1. The highest BCUT2D eigenvalue weighted by atomic mass is 16.5. The minimum atomic E-state index is -0.332. The molecule has 138 valence electrons. The summed E-state index contributed by atoms with van der Waals surface area (Å²) in [5.41, 5.74) is 3.00. The molecular formula is C20H20N4O3. The number of hydrogen-bond acceptors (Lipinski definition) is 6. The third kappa shape index (κ3) is 3.13. The molecule has 0 bridgehead atoms. The number of rotatable bonds is 3. The van der Waals surface area contributed by atoms with E-state index in [4.69, 9.17) is 9.47 Å². The van der Waals surface area contributed by atoms with Crippen molar-refractivity contribution in [3.63, 3.8) is 0 Å². The van der Waals surface area contributed by atoms with E-state index >= 15 is 0 Å². The van der Waals surface area contributed by atoms with E-state index in [9.17, 15) is 10.1 Å². The third-order valence-corrected chi connectivity index (χ3v) is 5.07. The summed E-state index contributed by atoms with van der Waals surface area (Å²) < 4.78 is 12.7. The molecular weight excluding hydrogens is 344 g/mol. The fourth-order valence-electron chi connectivity index (χ4n) is 3.82. The standard InChI is InChI=1S/C20H20N4O3/c1-12-7-14(5-6-27-12)24-18(9-19(25)26-2)23-17-11-22-16-4-3-13(10-21)8-15(16)20(17)24/h3-4,8,11-12,14H,5-7,9H2,1-2H3. The molecule has 0 amide bonds. The zero-order valence-corrected chi connectivity index (χ0v) is 15.3. The highest BCUT2D eigenvalue weighted by Gasteiger charge is 2.27. The van der Waals surface area contributed by atoms with E-state index in [0.717, 1.165) is 34.8 Å². The van der Waals surface area contributed by atoms with Gasteiger partial charge in [-0.05, 0) is 38.0 Å². The van der Waals surface area contributed by atoms with Crippen LogP contribution in [0.15, 0.2) is 24.4 Å². The topological polar surface area (TPSA) is 90.0 Å². The number of carbonyl (C=O) groups excluding carboxylic acids is 1. The van der Waals surface area contributed by atoms with E-state index in [1.807, 2.05) is 12.1 Å². The van der Waals surface area contributed by atoms with Crippen LogP contribution in [0.3, 0.4) is 0 Å². The number of nitrogens with zero attached hydrogens (tertiary/aromatic N) is 4. The summed E-state index contributed by atoms with van der Waals surface area (Å²) in [6.07, 6.45) is 3.63. The minimum Gasteiger partial charge on any atom is -0.469 e. The molecule has 1 aliphatic heterocycles. The quantitative estimate of drug-likeness (QED) is 0.664. The summed E-state index contributed by atoms with van der Waals surface area (Å²) in [5, 5.41) is 10.2. The number of esters is 1. The van der Waals surface area contributed by atoms with E-state index in [1.165, 1.54) is 7.11 Å². The van der Waals surface area contributed by atoms with E-state index in [2.05, 4.69) is 27.5 Å². The van der Waals surface area contributed by atoms with Crippen molar-refractivity contribution < 1.29 is 14.3 Å². The van der Waals surface area contributed by atoms with Gasteiger partial charge in [0.2, 0.25) is 0 Å². The Labute approximate surface area is 156 Å². The molecule has 1 aliphatic rings. The number of benzene rings is 1. The molecule has 0 spiro atoms. The molecule has 7 heteroatoms. The molecule has 0 saturated carbocycles. The van der Waals surface area contributed by atoms with Crippen LogP contribution in [-0.4, -0.2) is 40.3 Å². The third-order valence-electron chi connectivity index (χ3n) is 5.07. The number of ether oxygens (including phenoxy) is 2. The van der Waals surface area contributed by atoms with Crippen molar-refractivity contribution in [2.45, 2.75) is 38.3 Å². The van der Waals surface area contributed by atoms with E-state index < -0.39 is 0 Å². The molecule has 0 aliphatic carbocycles. The van der Waals surface area contributed by atoms with Gasteiger partial charge in [-0.15, -0.1) is 0 Å². The van der Waals surface area contributed by atoms with Crippen LogP contribution in [0.5, 0.6) is 0 Å². The molecule has 7 nitrogen and oxygen atoms in total. The predicted molar refractivity (Wildman–Crippen MR) is 99.2 cm³/mol. The lowest BCUT2D eigenvalue weighted by Gasteiger charge is -2.30. The van der Waals surface area contributed by atoms with Crippen molar-refractivity contribution in [3.8, 4) is 6.07 Å². The summed E-state index contributed by atoms with van der Waals surface area (Å²) in [6.45, 7) is 2.72. The lowest BCUT2D eigenvalue weighted by Crippen LogP contribution is -2.27. The largest absolute Gasteiger partial charge is 0.469 e. The maximum atomic E-state index is 12.0. The number of pyridine rings is 1. The normalized spacial score (nSPS) is 19.9. The summed E-state index contributed by atoms with van der Waals surface area (Å²) in [7, 11) is 1.38. The minimum absolute atomic E-state index is 0.0936. The fourth-order valence-corrected chi connectivity index (χ4v) is 3.82. The smallest absolute Gasteiger partial charge is 0.313 e. The molecule has 3 aromatic rings. The van der Waals surface area contributed by atoms with Gasteiger partial charge in [0, 0.05) is 18.0 Å². The summed E-state index contributed by atoms with van der Waals surface area (Å²) in [5.74, 6) is 0.328. The van der Waals surface area contributed by atoms with Crippen molar-refractivity contribution in [3.05, 3.63) is 35.8 Å². The monoisotopic (exact) mass is 364 g/mol. The van der Waals surface area contributed by atoms with Crippen molar-refractivity contribution in [1.29, 1.82) is 5.26 Å². The first-order valence-corrected chi connectivity index (χ1v) is 8.98. The Morgan fingerprint density at radius 2 is 2.30 bits per heavy atom. The van der Waals surface area contributed by atoms with Crippen LogP contribution in [0.2, 0.25) is 0 Å². The number of imidazole rings is 1. The van der Waals surface area contributed by atoms with E-state index in [1.54, 1.807) is 12.3 Å². The van der Waals surface area contributed by atoms with E-state index in [-0.39, 0.29) is 24.5 Å². The van der Waals surface area contributed by atoms with Crippen molar-refractivity contribution in [2.24, 2.45) is 0 Å². The first-order chi connectivity index (χ1) is 13.1. The molecule has 0 N–H and O–H groups in total. The molecule has 2 atom stereocenters. The Bertz CT molecular complexity index is 1070. The van der Waals surface area contributed by atoms with Gasteiger partial charge in [0.15, 0.2) is 0 Å². The average molecular weight is 364 g/mol. The van der Waals surface area contributed by atoms with Crippen LogP contribution in [0.25, 0.3) is 21.9 Å². The number of nitriles is 1. The van der Waals surface area contributed by atoms with Crippen LogP contribution >= 0.6 is 0 Å². The van der Waals surface area contributed by atoms with Crippen LogP contribution in [0.4, 0.5) is 0 Å². The molecule has 1 fully saturated rings. The predicted octanol–water partition coefficient (Wildman–Crippen LogP) is 2.91. The van der Waals surface area contributed by atoms with Gasteiger partial charge in [-0.1, -0.05) is 0 Å². The second kappa shape index (κ2) is 6.97. The van der Waals surface area contributed by atoms with Gasteiger partial charge < -0.3 is 14.0 Å². The maximum Gasteiger partial charge on any atom is 0.313 e. The lowest BCUT2D eigenvalue weighted by atomic mass is 10.0. The Balaban J connectivity index is 1.99. The average Bonchev–Trinajstić information content (AvgIpc) is 3.05. The van der Waals surface area contributed by atoms with Gasteiger partial charge in [0.1, 0.15) is 17.8 Å². The lowest BCUT2D eigenvalue weighted by molar-refractivity contribution is -0.140. The number of carbonyl (C=O) groups is 1. The number of methoxy groups -OCH3 is 1. The summed E-state index contributed by atoms with van der Waals surface area (Å²) >= 11 is 0. The summed E-state index contributed by atoms with van der Waals surface area (Å²) in [4.78, 5) is 21.1. The number of aromatic nitrogens is 3. The van der Waals surface area contributed by atoms with Gasteiger partial charge in [-0.25, -0.2) is 4.98 Å². The van der Waals surface area contributed by atoms with Gasteiger partial charge in [0.25, 0.3) is 0 Å². The first-order valence-electron chi connectivity index (χ1n) is 8.98. The van der Waals surface area contributed by atoms with Crippen molar-refractivity contribution in [2.75, 3.05) is 13.7 Å². The van der Waals surface area contributed by atoms with Crippen molar-refractivity contribution >= 4 is 27.9 Å². The molecule has 3 heterocycles. The second-order valence-corrected chi connectivity index (χ2v) is 6.85. The van der Waals surface area contributed by atoms with Crippen LogP contribution in [0, 0.1) is 11.3 Å². The number of fused-ring (bicyclic) bond motifs is 3. The van der Waals surface area contributed by atoms with Crippen LogP contribution in [-0.2, 0) is 20.7 Å². The molecule has 1 aromatic carbocycles. The second-order valence-electron chi connectivity index (χ2n) is 6.85. The molecule has 2 unspecified atom stereocenters. The van der Waals surface area contributed by atoms with Gasteiger partial charge in [-0.3, -0.25) is 9.78 Å². The van der Waals surface area contributed by atoms with Gasteiger partial charge in [-0.2, -0.15) is 5.26 Å². The van der Waals surface area contributed by atoms with Crippen LogP contribution in [0.1, 0.15) is 37.2 Å². The van der Waals surface area contributed by atoms with E-state index in [0.29, 0.717) is 18.0 Å². The Morgan fingerprint density at radius 3 is 3.04 bits per heavy atom. The first kappa shape index (κ1) is 17.4. The highest BCUT2D eigenvalue weighted by Crippen LogP contribution is 2.34. The number of hydrogen-bond donors (Lipinski definition) is 0.